The zero-order valence-electron chi connectivity index (χ0n) is 10.8. The lowest BCUT2D eigenvalue weighted by Crippen LogP contribution is -2.46. The first-order chi connectivity index (χ1) is 8.59. The van der Waals surface area contributed by atoms with Crippen LogP contribution in [0.2, 0.25) is 0 Å². The molecule has 1 aromatic heterocycles. The highest BCUT2D eigenvalue weighted by atomic mass is 79.9. The van der Waals surface area contributed by atoms with Gasteiger partial charge in [-0.2, -0.15) is 13.2 Å². The van der Waals surface area contributed by atoms with Crippen LogP contribution in [0.3, 0.4) is 0 Å². The normalized spacial score (nSPS) is 12.4. The first kappa shape index (κ1) is 15.9. The van der Waals surface area contributed by atoms with Crippen LogP contribution in [-0.4, -0.2) is 33.7 Å². The van der Waals surface area contributed by atoms with Crippen LogP contribution in [0.4, 0.5) is 13.2 Å². The number of aromatic nitrogens is 1. The molecular weight excluding hydrogens is 325 g/mol. The number of amides is 1. The van der Waals surface area contributed by atoms with Crippen molar-refractivity contribution >= 4 is 21.8 Å². The molecule has 1 amide bonds. The van der Waals surface area contributed by atoms with Gasteiger partial charge in [0.05, 0.1) is 5.56 Å². The molecule has 0 aromatic carbocycles. The number of hydrogen-bond donors (Lipinski definition) is 0. The van der Waals surface area contributed by atoms with Gasteiger partial charge in [-0.1, -0.05) is 15.9 Å². The lowest BCUT2D eigenvalue weighted by atomic mass is 10.1. The van der Waals surface area contributed by atoms with E-state index in [2.05, 4.69) is 20.9 Å². The van der Waals surface area contributed by atoms with Crippen LogP contribution in [-0.2, 0) is 6.18 Å². The molecule has 1 aromatic rings. The average molecular weight is 339 g/mol. The molecule has 1 rings (SSSR count). The molecule has 0 spiro atoms. The predicted molar refractivity (Wildman–Crippen MR) is 69.2 cm³/mol. The van der Waals surface area contributed by atoms with Gasteiger partial charge in [0.2, 0.25) is 0 Å². The Bertz CT molecular complexity index is 457. The number of hydrogen-bond acceptors (Lipinski definition) is 2. The van der Waals surface area contributed by atoms with E-state index in [1.54, 1.807) is 7.05 Å². The number of halogens is 4. The van der Waals surface area contributed by atoms with Gasteiger partial charge in [0, 0.05) is 24.1 Å². The van der Waals surface area contributed by atoms with Gasteiger partial charge in [0.25, 0.3) is 5.91 Å². The molecule has 0 atom stereocenters. The van der Waals surface area contributed by atoms with Crippen LogP contribution < -0.4 is 0 Å². The number of rotatable bonds is 3. The van der Waals surface area contributed by atoms with Gasteiger partial charge in [0.1, 0.15) is 5.69 Å². The molecule has 0 aliphatic rings. The molecule has 0 bridgehead atoms. The highest BCUT2D eigenvalue weighted by Crippen LogP contribution is 2.28. The molecule has 19 heavy (non-hydrogen) atoms. The maximum absolute atomic E-state index is 12.4. The number of carbonyl (C=O) groups is 1. The first-order valence-electron chi connectivity index (χ1n) is 5.47. The Kier molecular flexibility index (Phi) is 4.60. The largest absolute Gasteiger partial charge is 0.417 e. The van der Waals surface area contributed by atoms with Crippen molar-refractivity contribution in [2.45, 2.75) is 25.6 Å². The fourth-order valence-electron chi connectivity index (χ4n) is 1.22. The molecular formula is C12H14BrF3N2O. The van der Waals surface area contributed by atoms with Crippen molar-refractivity contribution in [1.82, 2.24) is 9.88 Å². The van der Waals surface area contributed by atoms with Crippen LogP contribution in [0.25, 0.3) is 0 Å². The summed E-state index contributed by atoms with van der Waals surface area (Å²) >= 11 is 3.29. The highest BCUT2D eigenvalue weighted by molar-refractivity contribution is 9.09. The third kappa shape index (κ3) is 3.68. The summed E-state index contributed by atoms with van der Waals surface area (Å²) in [6, 6.07) is 1.95. The van der Waals surface area contributed by atoms with Crippen molar-refractivity contribution in [2.75, 3.05) is 12.4 Å². The zero-order chi connectivity index (χ0) is 14.8. The van der Waals surface area contributed by atoms with Crippen molar-refractivity contribution in [1.29, 1.82) is 0 Å². The van der Waals surface area contributed by atoms with Gasteiger partial charge in [-0.3, -0.25) is 9.78 Å². The second-order valence-corrected chi connectivity index (χ2v) is 5.30. The Morgan fingerprint density at radius 1 is 1.37 bits per heavy atom. The summed E-state index contributed by atoms with van der Waals surface area (Å²) in [5.41, 5.74) is -1.34. The lowest BCUT2D eigenvalue weighted by Gasteiger charge is -2.33. The molecule has 0 aliphatic heterocycles. The molecule has 0 N–H and O–H groups in total. The van der Waals surface area contributed by atoms with Crippen LogP contribution in [0.15, 0.2) is 18.3 Å². The van der Waals surface area contributed by atoms with E-state index >= 15 is 0 Å². The average Bonchev–Trinajstić information content (AvgIpc) is 2.36. The van der Waals surface area contributed by atoms with Gasteiger partial charge >= 0.3 is 6.18 Å². The Morgan fingerprint density at radius 2 is 1.95 bits per heavy atom. The first-order valence-corrected chi connectivity index (χ1v) is 6.59. The Morgan fingerprint density at radius 3 is 2.32 bits per heavy atom. The van der Waals surface area contributed by atoms with Crippen LogP contribution in [0, 0.1) is 0 Å². The summed E-state index contributed by atoms with van der Waals surface area (Å²) in [4.78, 5) is 17.1. The zero-order valence-corrected chi connectivity index (χ0v) is 12.3. The van der Waals surface area contributed by atoms with E-state index in [-0.39, 0.29) is 5.69 Å². The van der Waals surface area contributed by atoms with Gasteiger partial charge in [-0.25, -0.2) is 0 Å². The SMILES string of the molecule is CN(C(=O)c1ccc(C(F)(F)F)cn1)C(C)(C)CBr. The maximum Gasteiger partial charge on any atom is 0.417 e. The summed E-state index contributed by atoms with van der Waals surface area (Å²) in [6.45, 7) is 3.67. The molecule has 0 fully saturated rings. The summed E-state index contributed by atoms with van der Waals surface area (Å²) in [5, 5.41) is 0.545. The number of alkyl halides is 4. The van der Waals surface area contributed by atoms with E-state index in [4.69, 9.17) is 0 Å². The smallest absolute Gasteiger partial charge is 0.334 e. The van der Waals surface area contributed by atoms with E-state index in [1.165, 1.54) is 4.90 Å². The minimum absolute atomic E-state index is 0.00970. The van der Waals surface area contributed by atoms with Crippen LogP contribution >= 0.6 is 15.9 Å². The molecule has 0 saturated carbocycles. The van der Waals surface area contributed by atoms with E-state index in [0.717, 1.165) is 12.1 Å². The van der Waals surface area contributed by atoms with Crippen molar-refractivity contribution in [2.24, 2.45) is 0 Å². The molecule has 106 valence electrons. The molecule has 0 radical (unpaired) electrons. The fraction of sp³-hybridized carbons (Fsp3) is 0.500. The summed E-state index contributed by atoms with van der Waals surface area (Å²) in [7, 11) is 1.59. The predicted octanol–water partition coefficient (Wildman–Crippen LogP) is 3.35. The van der Waals surface area contributed by atoms with Gasteiger partial charge < -0.3 is 4.90 Å². The van der Waals surface area contributed by atoms with E-state index in [9.17, 15) is 18.0 Å². The highest BCUT2D eigenvalue weighted by Gasteiger charge is 2.32. The van der Waals surface area contributed by atoms with E-state index in [1.807, 2.05) is 13.8 Å². The van der Waals surface area contributed by atoms with Crippen LogP contribution in [0.1, 0.15) is 29.9 Å². The Labute approximate surface area is 117 Å². The minimum Gasteiger partial charge on any atom is -0.334 e. The summed E-state index contributed by atoms with van der Waals surface area (Å²) in [5.74, 6) is -0.418. The number of nitrogens with zero attached hydrogens (tertiary/aromatic N) is 2. The molecule has 0 aliphatic carbocycles. The monoisotopic (exact) mass is 338 g/mol. The topological polar surface area (TPSA) is 33.2 Å². The van der Waals surface area contributed by atoms with Crippen molar-refractivity contribution in [3.8, 4) is 0 Å². The second kappa shape index (κ2) is 5.48. The molecule has 7 heteroatoms. The van der Waals surface area contributed by atoms with Gasteiger partial charge in [0.15, 0.2) is 0 Å². The van der Waals surface area contributed by atoms with Crippen molar-refractivity contribution < 1.29 is 18.0 Å². The summed E-state index contributed by atoms with van der Waals surface area (Å²) in [6.07, 6.45) is -3.78. The quantitative estimate of drug-likeness (QED) is 0.792. The molecule has 1 heterocycles. The van der Waals surface area contributed by atoms with Crippen molar-refractivity contribution in [3.63, 3.8) is 0 Å². The maximum atomic E-state index is 12.4. The number of carbonyl (C=O) groups excluding carboxylic acids is 1. The summed E-state index contributed by atoms with van der Waals surface area (Å²) < 4.78 is 37.1. The van der Waals surface area contributed by atoms with Gasteiger partial charge in [-0.15, -0.1) is 0 Å². The molecule has 3 nitrogen and oxygen atoms in total. The lowest BCUT2D eigenvalue weighted by molar-refractivity contribution is -0.137. The standard InChI is InChI=1S/C12H14BrF3N2O/c1-11(2,7-13)18(3)10(19)9-5-4-8(6-17-9)12(14,15)16/h4-6H,7H2,1-3H3. The Balaban J connectivity index is 2.96. The third-order valence-electron chi connectivity index (χ3n) is 2.85. The molecule has 0 saturated heterocycles. The van der Waals surface area contributed by atoms with Crippen LogP contribution in [0.5, 0.6) is 0 Å². The van der Waals surface area contributed by atoms with Crippen molar-refractivity contribution in [3.05, 3.63) is 29.6 Å². The second-order valence-electron chi connectivity index (χ2n) is 4.74. The molecule has 0 unspecified atom stereocenters. The fourth-order valence-corrected chi connectivity index (χ4v) is 1.60. The van der Waals surface area contributed by atoms with Gasteiger partial charge in [-0.05, 0) is 26.0 Å². The Hall–Kier alpha value is -1.11. The number of pyridine rings is 1. The van der Waals surface area contributed by atoms with E-state index < -0.39 is 23.2 Å². The third-order valence-corrected chi connectivity index (χ3v) is 4.22. The van der Waals surface area contributed by atoms with E-state index in [0.29, 0.717) is 11.5 Å². The minimum atomic E-state index is -4.45.